The summed E-state index contributed by atoms with van der Waals surface area (Å²) in [4.78, 5) is 41.1. The Morgan fingerprint density at radius 1 is 0.885 bits per heavy atom. The van der Waals surface area contributed by atoms with Gasteiger partial charge in [0, 0.05) is 13.1 Å². The van der Waals surface area contributed by atoms with Gasteiger partial charge < -0.3 is 4.43 Å². The van der Waals surface area contributed by atoms with E-state index in [9.17, 15) is 14.4 Å². The number of hydrogen-bond donors (Lipinski definition) is 0. The molecule has 0 radical (unpaired) electrons. The first-order chi connectivity index (χ1) is 12.1. The third kappa shape index (κ3) is 3.27. The maximum atomic E-state index is 13.1. The van der Waals surface area contributed by atoms with E-state index in [2.05, 4.69) is 19.6 Å². The first kappa shape index (κ1) is 20.2. The van der Waals surface area contributed by atoms with Gasteiger partial charge in [-0.2, -0.15) is 0 Å². The zero-order chi connectivity index (χ0) is 19.7. The lowest BCUT2D eigenvalue weighted by Gasteiger charge is -2.43. The van der Waals surface area contributed by atoms with Gasteiger partial charge >= 0.3 is 6.03 Å². The van der Waals surface area contributed by atoms with Crippen LogP contribution >= 0.6 is 0 Å². The van der Waals surface area contributed by atoms with Crippen LogP contribution in [0.4, 0.5) is 4.79 Å². The molecule has 0 N–H and O–H groups in total. The van der Waals surface area contributed by atoms with Crippen molar-refractivity contribution in [2.24, 2.45) is 0 Å². The molecule has 142 valence electrons. The maximum Gasteiger partial charge on any atom is 0.333 e. The van der Waals surface area contributed by atoms with Crippen molar-refractivity contribution >= 4 is 26.2 Å². The lowest BCUT2D eigenvalue weighted by Crippen LogP contribution is -2.66. The largest absolute Gasteiger partial charge is 0.544 e. The predicted molar refractivity (Wildman–Crippen MR) is 103 cm³/mol. The maximum absolute atomic E-state index is 13.1. The SMILES string of the molecule is CCN1C(=O)N(CC)C(=O)C(CC)(c2ccc(O[Si](C)(C)C)cc2)C1=O. The van der Waals surface area contributed by atoms with Gasteiger partial charge in [-0.3, -0.25) is 19.4 Å². The number of likely N-dealkylation sites (N-methyl/N-ethyl adjacent to an activating group) is 2. The Bertz CT molecular complexity index is 683. The van der Waals surface area contributed by atoms with Crippen molar-refractivity contribution in [3.8, 4) is 5.75 Å². The molecule has 1 aliphatic rings. The standard InChI is InChI=1S/C19H28N2O4Si/c1-7-19(14-10-12-15(13-11-14)25-26(4,5)6)16(22)20(8-2)18(24)21(9-3)17(19)23/h10-13H,7-9H2,1-6H3. The van der Waals surface area contributed by atoms with Crippen molar-refractivity contribution in [2.75, 3.05) is 13.1 Å². The van der Waals surface area contributed by atoms with Crippen molar-refractivity contribution in [2.45, 2.75) is 52.2 Å². The number of nitrogens with zero attached hydrogens (tertiary/aromatic N) is 2. The smallest absolute Gasteiger partial charge is 0.333 e. The van der Waals surface area contributed by atoms with E-state index in [1.165, 1.54) is 9.80 Å². The fourth-order valence-corrected chi connectivity index (χ4v) is 4.19. The summed E-state index contributed by atoms with van der Waals surface area (Å²) in [5.74, 6) is -0.159. The van der Waals surface area contributed by atoms with Crippen LogP contribution in [-0.4, -0.2) is 49.1 Å². The first-order valence-electron chi connectivity index (χ1n) is 9.09. The van der Waals surface area contributed by atoms with Gasteiger partial charge in [0.1, 0.15) is 5.75 Å². The molecule has 1 aliphatic heterocycles. The van der Waals surface area contributed by atoms with Crippen molar-refractivity contribution in [1.29, 1.82) is 0 Å². The highest BCUT2D eigenvalue weighted by Gasteiger charge is 2.56. The average molecular weight is 377 g/mol. The fourth-order valence-electron chi connectivity index (χ4n) is 3.34. The van der Waals surface area contributed by atoms with E-state index >= 15 is 0 Å². The lowest BCUT2D eigenvalue weighted by molar-refractivity contribution is -0.152. The molecule has 0 spiro atoms. The van der Waals surface area contributed by atoms with Crippen LogP contribution in [0.25, 0.3) is 0 Å². The molecule has 2 rings (SSSR count). The molecule has 0 aromatic heterocycles. The molecular weight excluding hydrogens is 348 g/mol. The van der Waals surface area contributed by atoms with Gasteiger partial charge in [-0.25, -0.2) is 4.79 Å². The number of carbonyl (C=O) groups excluding carboxylic acids is 3. The number of carbonyl (C=O) groups is 3. The van der Waals surface area contributed by atoms with E-state index in [-0.39, 0.29) is 13.1 Å². The molecule has 0 bridgehead atoms. The van der Waals surface area contributed by atoms with Crippen molar-refractivity contribution in [3.05, 3.63) is 29.8 Å². The van der Waals surface area contributed by atoms with Gasteiger partial charge in [0.05, 0.1) is 0 Å². The van der Waals surface area contributed by atoms with Crippen LogP contribution in [0.2, 0.25) is 19.6 Å². The van der Waals surface area contributed by atoms with Crippen LogP contribution in [0.5, 0.6) is 5.75 Å². The topological polar surface area (TPSA) is 66.9 Å². The predicted octanol–water partition coefficient (Wildman–Crippen LogP) is 3.38. The van der Waals surface area contributed by atoms with Gasteiger partial charge in [0.15, 0.2) is 5.41 Å². The zero-order valence-electron chi connectivity index (χ0n) is 16.5. The molecule has 1 aromatic carbocycles. The van der Waals surface area contributed by atoms with Crippen LogP contribution in [0.3, 0.4) is 0 Å². The first-order valence-corrected chi connectivity index (χ1v) is 12.5. The number of rotatable bonds is 6. The van der Waals surface area contributed by atoms with Gasteiger partial charge in [0.25, 0.3) is 11.8 Å². The van der Waals surface area contributed by atoms with E-state index in [1.807, 2.05) is 0 Å². The summed E-state index contributed by atoms with van der Waals surface area (Å²) in [5.41, 5.74) is -0.764. The van der Waals surface area contributed by atoms with Gasteiger partial charge in [-0.1, -0.05) is 19.1 Å². The minimum absolute atomic E-state index is 0.236. The quantitative estimate of drug-likeness (QED) is 0.564. The summed E-state index contributed by atoms with van der Waals surface area (Å²) >= 11 is 0. The van der Waals surface area contributed by atoms with E-state index in [1.54, 1.807) is 45.0 Å². The number of barbiturate groups is 1. The minimum atomic E-state index is -1.75. The summed E-state index contributed by atoms with van der Waals surface area (Å²) < 4.78 is 5.96. The van der Waals surface area contributed by atoms with E-state index in [0.29, 0.717) is 12.0 Å². The average Bonchev–Trinajstić information content (AvgIpc) is 2.56. The highest BCUT2D eigenvalue weighted by atomic mass is 28.4. The molecule has 1 saturated heterocycles. The Morgan fingerprint density at radius 2 is 1.35 bits per heavy atom. The van der Waals surface area contributed by atoms with Gasteiger partial charge in [0.2, 0.25) is 8.32 Å². The molecule has 1 fully saturated rings. The molecule has 7 heteroatoms. The second-order valence-corrected chi connectivity index (χ2v) is 11.8. The fraction of sp³-hybridized carbons (Fsp3) is 0.526. The van der Waals surface area contributed by atoms with Crippen molar-refractivity contribution in [1.82, 2.24) is 9.80 Å². The Morgan fingerprint density at radius 3 is 1.69 bits per heavy atom. The molecule has 4 amide bonds. The third-order valence-electron chi connectivity index (χ3n) is 4.62. The summed E-state index contributed by atoms with van der Waals surface area (Å²) in [6, 6.07) is 6.61. The van der Waals surface area contributed by atoms with Gasteiger partial charge in [-0.05, 0) is 57.6 Å². The molecule has 26 heavy (non-hydrogen) atoms. The van der Waals surface area contributed by atoms with Crippen molar-refractivity contribution < 1.29 is 18.8 Å². The van der Waals surface area contributed by atoms with Crippen LogP contribution in [0.15, 0.2) is 24.3 Å². The highest BCUT2D eigenvalue weighted by molar-refractivity contribution is 6.70. The van der Waals surface area contributed by atoms with E-state index in [4.69, 9.17) is 4.43 Å². The Hall–Kier alpha value is -2.15. The molecule has 0 atom stereocenters. The van der Waals surface area contributed by atoms with Crippen molar-refractivity contribution in [3.63, 3.8) is 0 Å². The zero-order valence-corrected chi connectivity index (χ0v) is 17.5. The van der Waals surface area contributed by atoms with Crippen LogP contribution < -0.4 is 4.43 Å². The summed E-state index contributed by atoms with van der Waals surface area (Å²) in [7, 11) is -1.75. The molecule has 1 aromatic rings. The third-order valence-corrected chi connectivity index (χ3v) is 5.46. The number of hydrogen-bond acceptors (Lipinski definition) is 4. The number of urea groups is 1. The lowest BCUT2D eigenvalue weighted by atomic mass is 9.74. The Balaban J connectivity index is 2.52. The van der Waals surface area contributed by atoms with Gasteiger partial charge in [-0.15, -0.1) is 0 Å². The number of amides is 4. The molecule has 1 heterocycles. The monoisotopic (exact) mass is 376 g/mol. The molecular formula is C19H28N2O4Si. The minimum Gasteiger partial charge on any atom is -0.544 e. The molecule has 0 saturated carbocycles. The summed E-state index contributed by atoms with van der Waals surface area (Å²) in [6.45, 7) is 12.0. The van der Waals surface area contributed by atoms with Crippen LogP contribution in [0, 0.1) is 0 Å². The Kier molecular flexibility index (Phi) is 5.60. The van der Waals surface area contributed by atoms with E-state index in [0.717, 1.165) is 5.75 Å². The van der Waals surface area contributed by atoms with Crippen LogP contribution in [0.1, 0.15) is 32.8 Å². The van der Waals surface area contributed by atoms with E-state index < -0.39 is 31.6 Å². The molecule has 6 nitrogen and oxygen atoms in total. The normalized spacial score (nSPS) is 17.7. The summed E-state index contributed by atoms with van der Waals surface area (Å²) in [5, 5.41) is 0. The Labute approximate surface area is 156 Å². The molecule has 0 unspecified atom stereocenters. The van der Waals surface area contributed by atoms with Crippen LogP contribution in [-0.2, 0) is 15.0 Å². The number of imide groups is 2. The number of benzene rings is 1. The highest BCUT2D eigenvalue weighted by Crippen LogP contribution is 2.37. The molecule has 0 aliphatic carbocycles. The second kappa shape index (κ2) is 7.23. The second-order valence-electron chi connectivity index (χ2n) is 7.38. The summed E-state index contributed by atoms with van der Waals surface area (Å²) in [6.07, 6.45) is 0.291.